The van der Waals surface area contributed by atoms with E-state index in [-0.39, 0.29) is 30.5 Å². The van der Waals surface area contributed by atoms with Crippen LogP contribution in [0.15, 0.2) is 54.6 Å². The molecule has 6 heteroatoms. The summed E-state index contributed by atoms with van der Waals surface area (Å²) in [6.07, 6.45) is 10.5. The number of allylic oxidation sites excluding steroid dienone is 2. The molecule has 172 valence electrons. The van der Waals surface area contributed by atoms with Gasteiger partial charge in [0.1, 0.15) is 5.78 Å². The van der Waals surface area contributed by atoms with E-state index in [0.717, 1.165) is 12.8 Å². The minimum atomic E-state index is -0.805. The van der Waals surface area contributed by atoms with Gasteiger partial charge in [-0.1, -0.05) is 42.5 Å². The Morgan fingerprint density at radius 2 is 2.03 bits per heavy atom. The summed E-state index contributed by atoms with van der Waals surface area (Å²) >= 11 is 1.79. The van der Waals surface area contributed by atoms with E-state index >= 15 is 0 Å². The number of hydrogen-bond acceptors (Lipinski definition) is 5. The third-order valence-electron chi connectivity index (χ3n) is 6.01. The molecule has 0 unspecified atom stereocenters. The molecule has 1 fully saturated rings. The van der Waals surface area contributed by atoms with Gasteiger partial charge < -0.3 is 15.3 Å². The summed E-state index contributed by atoms with van der Waals surface area (Å²) in [4.78, 5) is 24.1. The third-order valence-corrected chi connectivity index (χ3v) is 7.18. The summed E-state index contributed by atoms with van der Waals surface area (Å²) in [5.74, 6) is -1.34. The molecule has 1 aliphatic rings. The second-order valence-electron chi connectivity index (χ2n) is 8.51. The first-order valence-corrected chi connectivity index (χ1v) is 12.2. The van der Waals surface area contributed by atoms with Crippen LogP contribution < -0.4 is 0 Å². The van der Waals surface area contributed by atoms with Gasteiger partial charge in [0.15, 0.2) is 0 Å². The van der Waals surface area contributed by atoms with Crippen molar-refractivity contribution in [1.29, 1.82) is 0 Å². The number of ketones is 1. The number of fused-ring (bicyclic) bond motifs is 1. The number of aliphatic hydroxyl groups is 2. The van der Waals surface area contributed by atoms with Crippen LogP contribution in [0.4, 0.5) is 0 Å². The Morgan fingerprint density at radius 1 is 1.22 bits per heavy atom. The minimum absolute atomic E-state index is 0.0431. The first-order valence-electron chi connectivity index (χ1n) is 11.4. The molecule has 1 heterocycles. The number of hydrogen-bond donors (Lipinski definition) is 3. The van der Waals surface area contributed by atoms with Crippen molar-refractivity contribution < 1.29 is 24.9 Å². The van der Waals surface area contributed by atoms with Gasteiger partial charge in [-0.3, -0.25) is 9.59 Å². The highest BCUT2D eigenvalue weighted by Gasteiger charge is 2.39. The maximum Gasteiger partial charge on any atom is 0.303 e. The highest BCUT2D eigenvalue weighted by atomic mass is 32.1. The van der Waals surface area contributed by atoms with E-state index in [1.54, 1.807) is 17.4 Å². The van der Waals surface area contributed by atoms with Crippen LogP contribution in [-0.2, 0) is 16.0 Å². The fourth-order valence-electron chi connectivity index (χ4n) is 4.26. The predicted octanol–water partition coefficient (Wildman–Crippen LogP) is 4.91. The smallest absolute Gasteiger partial charge is 0.303 e. The number of aliphatic hydroxyl groups excluding tert-OH is 2. The van der Waals surface area contributed by atoms with E-state index in [9.17, 15) is 19.8 Å². The average molecular weight is 457 g/mol. The SMILES string of the molecule is O=C(O)CCC/C=C\C[C@H]1C(=O)C[C@@H](O)[C@@H]1/C=C/[C@@H](O)CCCc1cc2ccccc2s1. The van der Waals surface area contributed by atoms with Crippen LogP contribution in [0.5, 0.6) is 0 Å². The number of aliphatic carboxylic acids is 1. The molecule has 0 amide bonds. The molecule has 4 atom stereocenters. The lowest BCUT2D eigenvalue weighted by molar-refractivity contribution is -0.137. The Hall–Kier alpha value is -2.28. The van der Waals surface area contributed by atoms with Crippen molar-refractivity contribution in [2.45, 2.75) is 63.6 Å². The van der Waals surface area contributed by atoms with E-state index in [1.165, 1.54) is 15.0 Å². The van der Waals surface area contributed by atoms with Gasteiger partial charge in [0.2, 0.25) is 0 Å². The number of thiophene rings is 1. The predicted molar refractivity (Wildman–Crippen MR) is 128 cm³/mol. The molecule has 1 aliphatic carbocycles. The number of rotatable bonds is 12. The van der Waals surface area contributed by atoms with Gasteiger partial charge in [-0.2, -0.15) is 0 Å². The van der Waals surface area contributed by atoms with Gasteiger partial charge in [-0.05, 0) is 56.0 Å². The van der Waals surface area contributed by atoms with Crippen molar-refractivity contribution in [3.05, 3.63) is 59.5 Å². The summed E-state index contributed by atoms with van der Waals surface area (Å²) in [5.41, 5.74) is 0. The number of unbranched alkanes of at least 4 members (excludes halogenated alkanes) is 1. The van der Waals surface area contributed by atoms with Crippen molar-refractivity contribution in [3.8, 4) is 0 Å². The summed E-state index contributed by atoms with van der Waals surface area (Å²) in [6, 6.07) is 10.5. The number of carboxylic acids is 1. The molecule has 1 aromatic heterocycles. The van der Waals surface area contributed by atoms with Crippen LogP contribution in [0.3, 0.4) is 0 Å². The molecule has 0 bridgehead atoms. The molecule has 0 saturated heterocycles. The van der Waals surface area contributed by atoms with Crippen LogP contribution >= 0.6 is 11.3 Å². The number of Topliss-reactive ketones (excluding diaryl/α,β-unsaturated/α-hetero) is 1. The van der Waals surface area contributed by atoms with Gasteiger partial charge in [-0.15, -0.1) is 11.3 Å². The van der Waals surface area contributed by atoms with Crippen LogP contribution in [0, 0.1) is 11.8 Å². The Bertz CT molecular complexity index is 927. The monoisotopic (exact) mass is 456 g/mol. The second-order valence-corrected chi connectivity index (χ2v) is 9.68. The fourth-order valence-corrected chi connectivity index (χ4v) is 5.36. The quantitative estimate of drug-likeness (QED) is 0.312. The molecule has 2 aromatic rings. The van der Waals surface area contributed by atoms with Gasteiger partial charge in [0, 0.05) is 34.3 Å². The Balaban J connectivity index is 1.45. The summed E-state index contributed by atoms with van der Waals surface area (Å²) < 4.78 is 1.28. The van der Waals surface area contributed by atoms with Crippen molar-refractivity contribution in [2.75, 3.05) is 0 Å². The van der Waals surface area contributed by atoms with E-state index in [0.29, 0.717) is 25.7 Å². The normalized spacial score (nSPS) is 22.4. The van der Waals surface area contributed by atoms with Gasteiger partial charge >= 0.3 is 5.97 Å². The summed E-state index contributed by atoms with van der Waals surface area (Å²) in [7, 11) is 0. The van der Waals surface area contributed by atoms with Crippen molar-refractivity contribution in [3.63, 3.8) is 0 Å². The number of aryl methyl sites for hydroxylation is 1. The Morgan fingerprint density at radius 3 is 2.81 bits per heavy atom. The topological polar surface area (TPSA) is 94.8 Å². The highest BCUT2D eigenvalue weighted by Crippen LogP contribution is 2.33. The lowest BCUT2D eigenvalue weighted by Gasteiger charge is -2.16. The molecule has 0 spiro atoms. The van der Waals surface area contributed by atoms with E-state index < -0.39 is 18.2 Å². The largest absolute Gasteiger partial charge is 0.481 e. The van der Waals surface area contributed by atoms with Crippen LogP contribution in [-0.4, -0.2) is 39.3 Å². The molecule has 3 rings (SSSR count). The van der Waals surface area contributed by atoms with Crippen LogP contribution in [0.25, 0.3) is 10.1 Å². The highest BCUT2D eigenvalue weighted by molar-refractivity contribution is 7.19. The zero-order chi connectivity index (χ0) is 22.9. The molecule has 32 heavy (non-hydrogen) atoms. The molecule has 0 aliphatic heterocycles. The minimum Gasteiger partial charge on any atom is -0.481 e. The lowest BCUT2D eigenvalue weighted by atomic mass is 9.90. The van der Waals surface area contributed by atoms with E-state index in [1.807, 2.05) is 30.4 Å². The molecular formula is C26H32O5S. The Kier molecular flexibility index (Phi) is 9.21. The summed E-state index contributed by atoms with van der Waals surface area (Å²) in [6.45, 7) is 0. The number of carbonyl (C=O) groups is 2. The molecule has 0 radical (unpaired) electrons. The first-order chi connectivity index (χ1) is 15.4. The average Bonchev–Trinajstić information content (AvgIpc) is 3.28. The van der Waals surface area contributed by atoms with Gasteiger partial charge in [0.25, 0.3) is 0 Å². The molecular weight excluding hydrogens is 424 g/mol. The second kappa shape index (κ2) is 12.1. The number of carboxylic acid groups (broad SMARTS) is 1. The van der Waals surface area contributed by atoms with Crippen LogP contribution in [0.2, 0.25) is 0 Å². The third kappa shape index (κ3) is 7.12. The Labute approximate surface area is 193 Å². The van der Waals surface area contributed by atoms with Crippen molar-refractivity contribution in [2.24, 2.45) is 11.8 Å². The molecule has 3 N–H and O–H groups in total. The van der Waals surface area contributed by atoms with Crippen molar-refractivity contribution >= 4 is 33.2 Å². The fraction of sp³-hybridized carbons (Fsp3) is 0.462. The molecule has 1 saturated carbocycles. The van der Waals surface area contributed by atoms with Gasteiger partial charge in [0.05, 0.1) is 12.2 Å². The zero-order valence-corrected chi connectivity index (χ0v) is 19.0. The molecule has 1 aromatic carbocycles. The maximum absolute atomic E-state index is 12.3. The summed E-state index contributed by atoms with van der Waals surface area (Å²) in [5, 5.41) is 30.6. The first kappa shape index (κ1) is 24.4. The number of benzene rings is 1. The van der Waals surface area contributed by atoms with E-state index in [2.05, 4.69) is 18.2 Å². The zero-order valence-electron chi connectivity index (χ0n) is 18.2. The molecule has 5 nitrogen and oxygen atoms in total. The van der Waals surface area contributed by atoms with E-state index in [4.69, 9.17) is 5.11 Å². The van der Waals surface area contributed by atoms with Crippen LogP contribution in [0.1, 0.15) is 49.8 Å². The van der Waals surface area contributed by atoms with Gasteiger partial charge in [-0.25, -0.2) is 0 Å². The van der Waals surface area contributed by atoms with Crippen molar-refractivity contribution in [1.82, 2.24) is 0 Å². The number of carbonyl (C=O) groups excluding carboxylic acids is 1. The standard InChI is InChI=1S/C26H32O5S/c27-19(9-7-10-20-16-18-8-5-6-12-25(18)32-20)14-15-22-21(23(28)17-24(22)29)11-3-1-2-4-13-26(30)31/h1,3,5-6,8,12,14-16,19,21-22,24,27,29H,2,4,7,9-11,13,17H2,(H,30,31)/b3-1-,15-14+/t19-,21+,22+,24+/m0/s1. The lowest BCUT2D eigenvalue weighted by Crippen LogP contribution is -2.18. The maximum atomic E-state index is 12.3.